The highest BCUT2D eigenvalue weighted by Crippen LogP contribution is 2.28. The molecule has 1 aliphatic rings. The normalized spacial score (nSPS) is 17.7. The molecule has 1 saturated heterocycles. The Morgan fingerprint density at radius 2 is 2.12 bits per heavy atom. The first kappa shape index (κ1) is 16.4. The third kappa shape index (κ3) is 3.38. The van der Waals surface area contributed by atoms with Crippen LogP contribution in [0.2, 0.25) is 5.02 Å². The van der Waals surface area contributed by atoms with Gasteiger partial charge in [0.05, 0.1) is 10.7 Å². The number of para-hydroxylation sites is 1. The van der Waals surface area contributed by atoms with Crippen LogP contribution >= 0.6 is 11.6 Å². The number of carbonyl (C=O) groups excluding carboxylic acids is 2. The van der Waals surface area contributed by atoms with E-state index < -0.39 is 6.04 Å². The van der Waals surface area contributed by atoms with Crippen LogP contribution in [0.4, 0.5) is 5.69 Å². The van der Waals surface area contributed by atoms with E-state index in [0.717, 1.165) is 6.42 Å². The number of benzene rings is 1. The van der Waals surface area contributed by atoms with Gasteiger partial charge in [-0.1, -0.05) is 23.7 Å². The van der Waals surface area contributed by atoms with Crippen LogP contribution in [-0.4, -0.2) is 34.4 Å². The quantitative estimate of drug-likeness (QED) is 0.927. The predicted molar refractivity (Wildman–Crippen MR) is 91.1 cm³/mol. The van der Waals surface area contributed by atoms with Crippen LogP contribution in [0.3, 0.4) is 0 Å². The van der Waals surface area contributed by atoms with Crippen molar-refractivity contribution < 1.29 is 9.59 Å². The molecule has 3 rings (SSSR count). The molecule has 7 heteroatoms. The molecule has 0 spiro atoms. The van der Waals surface area contributed by atoms with Crippen LogP contribution in [0.5, 0.6) is 0 Å². The first-order valence-corrected chi connectivity index (χ1v) is 8.10. The van der Waals surface area contributed by atoms with Crippen molar-refractivity contribution >= 4 is 29.1 Å². The second-order valence-corrected chi connectivity index (χ2v) is 6.01. The largest absolute Gasteiger partial charge is 0.339 e. The third-order valence-electron chi connectivity index (χ3n) is 3.90. The average Bonchev–Trinajstić information content (AvgIpc) is 2.57. The second kappa shape index (κ2) is 6.97. The Balaban J connectivity index is 1.76. The molecule has 2 aromatic rings. The Labute approximate surface area is 144 Å². The average molecular weight is 345 g/mol. The second-order valence-electron chi connectivity index (χ2n) is 5.60. The fourth-order valence-corrected chi connectivity index (χ4v) is 2.97. The Kier molecular flexibility index (Phi) is 4.76. The van der Waals surface area contributed by atoms with Crippen molar-refractivity contribution in [2.45, 2.75) is 25.8 Å². The molecule has 0 aliphatic carbocycles. The van der Waals surface area contributed by atoms with Gasteiger partial charge in [-0.15, -0.1) is 0 Å². The van der Waals surface area contributed by atoms with Crippen LogP contribution in [0.15, 0.2) is 36.5 Å². The van der Waals surface area contributed by atoms with Crippen molar-refractivity contribution in [3.05, 3.63) is 53.1 Å². The first-order valence-electron chi connectivity index (χ1n) is 7.72. The van der Waals surface area contributed by atoms with Crippen LogP contribution < -0.4 is 10.2 Å². The zero-order valence-corrected chi connectivity index (χ0v) is 14.0. The molecule has 2 heterocycles. The lowest BCUT2D eigenvalue weighted by Crippen LogP contribution is -2.52. The van der Waals surface area contributed by atoms with Gasteiger partial charge in [0.2, 0.25) is 5.91 Å². The van der Waals surface area contributed by atoms with Crippen molar-refractivity contribution in [1.29, 1.82) is 0 Å². The molecule has 0 radical (unpaired) electrons. The van der Waals surface area contributed by atoms with E-state index in [1.165, 1.54) is 12.3 Å². The van der Waals surface area contributed by atoms with Crippen molar-refractivity contribution in [1.82, 2.24) is 15.3 Å². The molecule has 2 amide bonds. The molecular formula is C17H17ClN4O2. The number of piperidine rings is 1. The highest BCUT2D eigenvalue weighted by Gasteiger charge is 2.32. The van der Waals surface area contributed by atoms with E-state index in [2.05, 4.69) is 15.3 Å². The molecule has 1 aromatic heterocycles. The first-order chi connectivity index (χ1) is 11.6. The number of hydrogen-bond donors (Lipinski definition) is 1. The molecule has 1 atom stereocenters. The Hall–Kier alpha value is -2.47. The molecule has 24 heavy (non-hydrogen) atoms. The molecule has 6 nitrogen and oxygen atoms in total. The number of carbonyl (C=O) groups is 2. The lowest BCUT2D eigenvalue weighted by molar-refractivity contribution is -0.121. The highest BCUT2D eigenvalue weighted by molar-refractivity contribution is 6.33. The zero-order chi connectivity index (χ0) is 17.1. The van der Waals surface area contributed by atoms with Gasteiger partial charge in [-0.05, 0) is 38.0 Å². The van der Waals surface area contributed by atoms with Crippen molar-refractivity contribution in [2.75, 3.05) is 11.4 Å². The van der Waals surface area contributed by atoms with Crippen LogP contribution in [0.1, 0.15) is 29.2 Å². The number of halogens is 1. The minimum absolute atomic E-state index is 0.159. The minimum atomic E-state index is -0.585. The number of amides is 2. The lowest BCUT2D eigenvalue weighted by Gasteiger charge is -2.33. The SMILES string of the molecule is Cc1nccc(C(=O)N[C@@H]2CCCN(c3ccccc3Cl)C2=O)n1. The maximum Gasteiger partial charge on any atom is 0.270 e. The number of hydrogen-bond acceptors (Lipinski definition) is 4. The van der Waals surface area contributed by atoms with E-state index in [9.17, 15) is 9.59 Å². The third-order valence-corrected chi connectivity index (χ3v) is 4.22. The minimum Gasteiger partial charge on any atom is -0.339 e. The summed E-state index contributed by atoms with van der Waals surface area (Å²) in [6, 6.07) is 8.14. The number of rotatable bonds is 3. The lowest BCUT2D eigenvalue weighted by atomic mass is 10.0. The van der Waals surface area contributed by atoms with Crippen molar-refractivity contribution in [2.24, 2.45) is 0 Å². The van der Waals surface area contributed by atoms with Gasteiger partial charge in [-0.25, -0.2) is 9.97 Å². The van der Waals surface area contributed by atoms with Gasteiger partial charge >= 0.3 is 0 Å². The predicted octanol–water partition coefficient (Wildman–Crippen LogP) is 2.36. The molecule has 0 bridgehead atoms. The van der Waals surface area contributed by atoms with Gasteiger partial charge in [0.1, 0.15) is 17.6 Å². The smallest absolute Gasteiger partial charge is 0.270 e. The summed E-state index contributed by atoms with van der Waals surface area (Å²) in [5, 5.41) is 3.29. The number of nitrogens with one attached hydrogen (secondary N) is 1. The molecule has 124 valence electrons. The van der Waals surface area contributed by atoms with Gasteiger partial charge < -0.3 is 10.2 Å². The van der Waals surface area contributed by atoms with Gasteiger partial charge in [-0.3, -0.25) is 9.59 Å². The van der Waals surface area contributed by atoms with E-state index in [-0.39, 0.29) is 17.5 Å². The Bertz CT molecular complexity index is 781. The molecule has 1 fully saturated rings. The summed E-state index contributed by atoms with van der Waals surface area (Å²) in [4.78, 5) is 34.7. The Morgan fingerprint density at radius 3 is 2.88 bits per heavy atom. The summed E-state index contributed by atoms with van der Waals surface area (Å²) in [5.41, 5.74) is 0.922. The molecule has 1 aliphatic heterocycles. The summed E-state index contributed by atoms with van der Waals surface area (Å²) < 4.78 is 0. The van der Waals surface area contributed by atoms with Gasteiger partial charge in [0.25, 0.3) is 5.91 Å². The molecular weight excluding hydrogens is 328 g/mol. The monoisotopic (exact) mass is 344 g/mol. The fraction of sp³-hybridized carbons (Fsp3) is 0.294. The number of aromatic nitrogens is 2. The standard InChI is InChI=1S/C17H17ClN4O2/c1-11-19-9-8-13(20-11)16(23)21-14-6-4-10-22(17(14)24)15-7-3-2-5-12(15)18/h2-3,5,7-9,14H,4,6,10H2,1H3,(H,21,23)/t14-/m1/s1. The molecule has 1 aromatic carbocycles. The van der Waals surface area contributed by atoms with Crippen LogP contribution in [0, 0.1) is 6.92 Å². The van der Waals surface area contributed by atoms with Gasteiger partial charge in [0.15, 0.2) is 0 Å². The number of aryl methyl sites for hydroxylation is 1. The highest BCUT2D eigenvalue weighted by atomic mass is 35.5. The number of nitrogens with zero attached hydrogens (tertiary/aromatic N) is 3. The zero-order valence-electron chi connectivity index (χ0n) is 13.2. The van der Waals surface area contributed by atoms with Crippen LogP contribution in [0.25, 0.3) is 0 Å². The van der Waals surface area contributed by atoms with E-state index in [1.807, 2.05) is 12.1 Å². The Morgan fingerprint density at radius 1 is 1.33 bits per heavy atom. The van der Waals surface area contributed by atoms with Gasteiger partial charge in [-0.2, -0.15) is 0 Å². The summed E-state index contributed by atoms with van der Waals surface area (Å²) >= 11 is 6.19. The van der Waals surface area contributed by atoms with Crippen molar-refractivity contribution in [3.63, 3.8) is 0 Å². The summed E-state index contributed by atoms with van der Waals surface area (Å²) in [6.45, 7) is 2.29. The summed E-state index contributed by atoms with van der Waals surface area (Å²) in [6.07, 6.45) is 2.90. The van der Waals surface area contributed by atoms with E-state index in [1.54, 1.807) is 24.0 Å². The fourth-order valence-electron chi connectivity index (χ4n) is 2.73. The summed E-state index contributed by atoms with van der Waals surface area (Å²) in [5.74, 6) is -0.0244. The maximum atomic E-state index is 12.7. The number of anilines is 1. The summed E-state index contributed by atoms with van der Waals surface area (Å²) in [7, 11) is 0. The van der Waals surface area contributed by atoms with E-state index >= 15 is 0 Å². The topological polar surface area (TPSA) is 75.2 Å². The van der Waals surface area contributed by atoms with Gasteiger partial charge in [0, 0.05) is 12.7 Å². The van der Waals surface area contributed by atoms with Crippen molar-refractivity contribution in [3.8, 4) is 0 Å². The van der Waals surface area contributed by atoms with Crippen LogP contribution in [-0.2, 0) is 4.79 Å². The maximum absolute atomic E-state index is 12.7. The van der Waals surface area contributed by atoms with E-state index in [0.29, 0.717) is 29.5 Å². The molecule has 1 N–H and O–H groups in total. The molecule has 0 unspecified atom stereocenters. The molecule has 0 saturated carbocycles. The van der Waals surface area contributed by atoms with E-state index in [4.69, 9.17) is 11.6 Å².